The van der Waals surface area contributed by atoms with Crippen LogP contribution in [0.2, 0.25) is 0 Å². The van der Waals surface area contributed by atoms with Crippen LogP contribution in [0.4, 0.5) is 0 Å². The van der Waals surface area contributed by atoms with Crippen LogP contribution in [0, 0.1) is 23.7 Å². The lowest BCUT2D eigenvalue weighted by molar-refractivity contribution is 0.0826. The number of alkyl halides is 3. The maximum absolute atomic E-state index is 3.87. The number of unbranched alkanes of at least 4 members (excludes halogenated alkanes) is 2. The van der Waals surface area contributed by atoms with E-state index in [2.05, 4.69) is 106 Å². The van der Waals surface area contributed by atoms with Gasteiger partial charge in [0.05, 0.1) is 0 Å². The molecule has 2 aromatic carbocycles. The van der Waals surface area contributed by atoms with Crippen molar-refractivity contribution in [2.24, 2.45) is 23.7 Å². The van der Waals surface area contributed by atoms with E-state index in [1.807, 2.05) is 0 Å². The van der Waals surface area contributed by atoms with Crippen molar-refractivity contribution >= 4 is 47.8 Å². The molecule has 0 amide bonds. The Labute approximate surface area is 233 Å². The summed E-state index contributed by atoms with van der Waals surface area (Å²) < 4.78 is 0. The molecule has 0 N–H and O–H groups in total. The van der Waals surface area contributed by atoms with Gasteiger partial charge in [0, 0.05) is 21.4 Å². The van der Waals surface area contributed by atoms with Crippen LogP contribution in [0.5, 0.6) is 0 Å². The zero-order chi connectivity index (χ0) is 24.5. The lowest BCUT2D eigenvalue weighted by Crippen LogP contribution is -2.44. The molecule has 0 spiro atoms. The number of hydrogen-bond acceptors (Lipinski definition) is 0. The monoisotopic (exact) mass is 650 g/mol. The van der Waals surface area contributed by atoms with Gasteiger partial charge in [0.2, 0.25) is 0 Å². The first-order valence-corrected chi connectivity index (χ1v) is 16.8. The standard InChI is InChI=1S/C31H41Br3/c1-5-6-7-12-31(27-13-21(4)8-10-25(27)20(2)3)28-15-22(17-32)9-11-26(28)30-24(19-34)14-23(18-33)16-29(30)31/h9,11,14-16,20-21,25,27H,5-8,10,12-13,17-19H2,1-4H3/t21-,25+,27+,31-/m1/s1. The van der Waals surface area contributed by atoms with Crippen LogP contribution in [-0.4, -0.2) is 0 Å². The van der Waals surface area contributed by atoms with E-state index in [0.29, 0.717) is 5.92 Å². The van der Waals surface area contributed by atoms with Gasteiger partial charge < -0.3 is 0 Å². The molecular formula is C31H41Br3. The Kier molecular flexibility index (Phi) is 9.12. The molecular weight excluding hydrogens is 612 g/mol. The predicted molar refractivity (Wildman–Crippen MR) is 160 cm³/mol. The van der Waals surface area contributed by atoms with Crippen LogP contribution in [0.3, 0.4) is 0 Å². The average Bonchev–Trinajstić information content (AvgIpc) is 3.13. The minimum atomic E-state index is 0.122. The van der Waals surface area contributed by atoms with Gasteiger partial charge in [-0.3, -0.25) is 0 Å². The van der Waals surface area contributed by atoms with Gasteiger partial charge in [0.25, 0.3) is 0 Å². The highest BCUT2D eigenvalue weighted by molar-refractivity contribution is 9.09. The topological polar surface area (TPSA) is 0 Å². The summed E-state index contributed by atoms with van der Waals surface area (Å²) in [5.41, 5.74) is 10.7. The zero-order valence-electron chi connectivity index (χ0n) is 21.4. The molecule has 4 rings (SSSR count). The van der Waals surface area contributed by atoms with E-state index in [-0.39, 0.29) is 5.41 Å². The van der Waals surface area contributed by atoms with Gasteiger partial charge >= 0.3 is 0 Å². The van der Waals surface area contributed by atoms with Crippen molar-refractivity contribution in [2.75, 3.05) is 0 Å². The second kappa shape index (κ2) is 11.5. The fourth-order valence-electron chi connectivity index (χ4n) is 7.30. The highest BCUT2D eigenvalue weighted by Gasteiger charge is 2.52. The molecule has 0 bridgehead atoms. The molecule has 2 aliphatic carbocycles. The molecule has 34 heavy (non-hydrogen) atoms. The summed E-state index contributed by atoms with van der Waals surface area (Å²) in [6, 6.07) is 12.4. The van der Waals surface area contributed by atoms with Crippen LogP contribution < -0.4 is 0 Å². The molecule has 0 heterocycles. The molecule has 3 heteroatoms. The van der Waals surface area contributed by atoms with E-state index in [0.717, 1.165) is 33.7 Å². The molecule has 186 valence electrons. The second-order valence-electron chi connectivity index (χ2n) is 11.3. The molecule has 0 radical (unpaired) electrons. The molecule has 0 unspecified atom stereocenters. The highest BCUT2D eigenvalue weighted by atomic mass is 79.9. The molecule has 0 nitrogen and oxygen atoms in total. The van der Waals surface area contributed by atoms with Crippen molar-refractivity contribution in [1.82, 2.24) is 0 Å². The van der Waals surface area contributed by atoms with Gasteiger partial charge in [-0.25, -0.2) is 0 Å². The molecule has 0 saturated heterocycles. The lowest BCUT2D eigenvalue weighted by atomic mass is 9.54. The van der Waals surface area contributed by atoms with Gasteiger partial charge in [-0.2, -0.15) is 0 Å². The van der Waals surface area contributed by atoms with E-state index in [1.54, 1.807) is 11.1 Å². The molecule has 2 aromatic rings. The average molecular weight is 653 g/mol. The summed E-state index contributed by atoms with van der Waals surface area (Å²) in [5.74, 6) is 3.02. The Bertz CT molecular complexity index is 994. The van der Waals surface area contributed by atoms with E-state index in [1.165, 1.54) is 72.8 Å². The summed E-state index contributed by atoms with van der Waals surface area (Å²) in [6.45, 7) is 9.82. The van der Waals surface area contributed by atoms with Crippen LogP contribution >= 0.6 is 47.8 Å². The minimum absolute atomic E-state index is 0.122. The normalized spacial score (nSPS) is 26.1. The molecule has 0 aliphatic heterocycles. The summed E-state index contributed by atoms with van der Waals surface area (Å²) >= 11 is 11.5. The fraction of sp³-hybridized carbons (Fsp3) is 0.613. The third-order valence-corrected chi connectivity index (χ3v) is 10.8. The molecule has 1 saturated carbocycles. The summed E-state index contributed by atoms with van der Waals surface area (Å²) in [7, 11) is 0. The minimum Gasteiger partial charge on any atom is -0.0876 e. The van der Waals surface area contributed by atoms with E-state index < -0.39 is 0 Å². The molecule has 0 aromatic heterocycles. The zero-order valence-corrected chi connectivity index (χ0v) is 26.2. The Morgan fingerprint density at radius 2 is 1.65 bits per heavy atom. The quantitative estimate of drug-likeness (QED) is 0.187. The van der Waals surface area contributed by atoms with Crippen LogP contribution in [0.25, 0.3) is 11.1 Å². The predicted octanol–water partition coefficient (Wildman–Crippen LogP) is 10.9. The third-order valence-electron chi connectivity index (χ3n) is 8.88. The number of hydrogen-bond donors (Lipinski definition) is 0. The number of halogens is 3. The first-order valence-electron chi connectivity index (χ1n) is 13.4. The fourth-order valence-corrected chi connectivity index (χ4v) is 8.42. The maximum atomic E-state index is 3.87. The Morgan fingerprint density at radius 3 is 2.29 bits per heavy atom. The van der Waals surface area contributed by atoms with Crippen molar-refractivity contribution in [1.29, 1.82) is 0 Å². The molecule has 4 atom stereocenters. The lowest BCUT2D eigenvalue weighted by Gasteiger charge is -2.49. The molecule has 1 fully saturated rings. The van der Waals surface area contributed by atoms with Crippen molar-refractivity contribution in [2.45, 2.75) is 94.0 Å². The third kappa shape index (κ3) is 4.76. The first kappa shape index (κ1) is 26.9. The highest BCUT2D eigenvalue weighted by Crippen LogP contribution is 2.62. The first-order chi connectivity index (χ1) is 16.4. The maximum Gasteiger partial charge on any atom is 0.0289 e. The van der Waals surface area contributed by atoms with Crippen LogP contribution in [0.1, 0.15) is 100 Å². The van der Waals surface area contributed by atoms with Crippen molar-refractivity contribution < 1.29 is 0 Å². The van der Waals surface area contributed by atoms with Crippen molar-refractivity contribution in [3.05, 3.63) is 58.1 Å². The van der Waals surface area contributed by atoms with E-state index >= 15 is 0 Å². The Balaban J connectivity index is 2.05. The van der Waals surface area contributed by atoms with Gasteiger partial charge in [0.15, 0.2) is 0 Å². The number of rotatable bonds is 9. The van der Waals surface area contributed by atoms with Crippen LogP contribution in [0.15, 0.2) is 30.3 Å². The van der Waals surface area contributed by atoms with E-state index in [4.69, 9.17) is 0 Å². The number of benzene rings is 2. The largest absolute Gasteiger partial charge is 0.0876 e. The Morgan fingerprint density at radius 1 is 0.912 bits per heavy atom. The van der Waals surface area contributed by atoms with Gasteiger partial charge in [-0.05, 0) is 81.9 Å². The van der Waals surface area contributed by atoms with E-state index in [9.17, 15) is 0 Å². The summed E-state index contributed by atoms with van der Waals surface area (Å²) in [5, 5.41) is 2.76. The van der Waals surface area contributed by atoms with Crippen LogP contribution in [-0.2, 0) is 21.4 Å². The van der Waals surface area contributed by atoms with Crippen molar-refractivity contribution in [3.8, 4) is 11.1 Å². The molecule has 2 aliphatic rings. The Hall–Kier alpha value is -0.120. The summed E-state index contributed by atoms with van der Waals surface area (Å²) in [4.78, 5) is 0. The smallest absolute Gasteiger partial charge is 0.0289 e. The van der Waals surface area contributed by atoms with Crippen molar-refractivity contribution in [3.63, 3.8) is 0 Å². The van der Waals surface area contributed by atoms with Gasteiger partial charge in [-0.1, -0.05) is 131 Å². The number of fused-ring (bicyclic) bond motifs is 3. The van der Waals surface area contributed by atoms with Gasteiger partial charge in [-0.15, -0.1) is 0 Å². The second-order valence-corrected chi connectivity index (χ2v) is 13.0. The summed E-state index contributed by atoms with van der Waals surface area (Å²) in [6.07, 6.45) is 9.31. The van der Waals surface area contributed by atoms with Gasteiger partial charge in [0.1, 0.15) is 0 Å². The SMILES string of the molecule is CCCCC[C@@]1([C@H]2C[C@H](C)CC[C@H]2C(C)C)c2cc(CBr)ccc2-c2c(CBr)cc(CBr)cc21.